The fraction of sp³-hybridized carbons (Fsp3) is 0.368. The average molecular weight is 393 g/mol. The molecule has 4 nitrogen and oxygen atoms in total. The predicted octanol–water partition coefficient (Wildman–Crippen LogP) is 4.43. The molecule has 4 rings (SSSR count). The highest BCUT2D eigenvalue weighted by molar-refractivity contribution is 7.15. The SMILES string of the molecule is Cc1ncc(-c2ccnc3cc(CN4CCOC(C(F)(F)F)C4)ccc23)s1. The van der Waals surface area contributed by atoms with Crippen molar-refractivity contribution in [3.63, 3.8) is 0 Å². The van der Waals surface area contributed by atoms with E-state index in [9.17, 15) is 13.2 Å². The molecule has 0 saturated carbocycles. The Morgan fingerprint density at radius 3 is 2.85 bits per heavy atom. The summed E-state index contributed by atoms with van der Waals surface area (Å²) in [7, 11) is 0. The van der Waals surface area contributed by atoms with Crippen molar-refractivity contribution < 1.29 is 17.9 Å². The second-order valence-electron chi connectivity index (χ2n) is 6.59. The van der Waals surface area contributed by atoms with Gasteiger partial charge in [0, 0.05) is 43.0 Å². The number of nitrogens with zero attached hydrogens (tertiary/aromatic N) is 3. The minimum Gasteiger partial charge on any atom is -0.366 e. The Hall–Kier alpha value is -2.03. The summed E-state index contributed by atoms with van der Waals surface area (Å²) >= 11 is 1.62. The van der Waals surface area contributed by atoms with Crippen molar-refractivity contribution in [1.29, 1.82) is 0 Å². The smallest absolute Gasteiger partial charge is 0.366 e. The van der Waals surface area contributed by atoms with Crippen molar-refractivity contribution in [1.82, 2.24) is 14.9 Å². The third kappa shape index (κ3) is 3.97. The highest BCUT2D eigenvalue weighted by atomic mass is 32.1. The number of aromatic nitrogens is 2. The summed E-state index contributed by atoms with van der Waals surface area (Å²) in [6.45, 7) is 2.84. The molecule has 1 aliphatic heterocycles. The van der Waals surface area contributed by atoms with Crippen molar-refractivity contribution >= 4 is 22.2 Å². The summed E-state index contributed by atoms with van der Waals surface area (Å²) in [5.74, 6) is 0. The molecule has 8 heteroatoms. The Labute approximate surface area is 158 Å². The topological polar surface area (TPSA) is 38.2 Å². The molecule has 1 fully saturated rings. The van der Waals surface area contributed by atoms with E-state index in [1.165, 1.54) is 0 Å². The van der Waals surface area contributed by atoms with E-state index in [-0.39, 0.29) is 13.2 Å². The van der Waals surface area contributed by atoms with Gasteiger partial charge in [-0.15, -0.1) is 11.3 Å². The molecule has 3 heterocycles. The van der Waals surface area contributed by atoms with Crippen molar-refractivity contribution in [2.24, 2.45) is 0 Å². The number of thiazole rings is 1. The summed E-state index contributed by atoms with van der Waals surface area (Å²) < 4.78 is 43.6. The quantitative estimate of drug-likeness (QED) is 0.660. The summed E-state index contributed by atoms with van der Waals surface area (Å²) in [5.41, 5.74) is 2.84. The van der Waals surface area contributed by atoms with E-state index in [1.807, 2.05) is 37.4 Å². The van der Waals surface area contributed by atoms with E-state index in [1.54, 1.807) is 22.4 Å². The van der Waals surface area contributed by atoms with Crippen LogP contribution in [0, 0.1) is 6.92 Å². The Morgan fingerprint density at radius 1 is 1.26 bits per heavy atom. The zero-order chi connectivity index (χ0) is 19.0. The number of fused-ring (bicyclic) bond motifs is 1. The minimum absolute atomic E-state index is 0.0882. The van der Waals surface area contributed by atoms with E-state index in [4.69, 9.17) is 4.74 Å². The molecular formula is C19H18F3N3OS. The lowest BCUT2D eigenvalue weighted by Gasteiger charge is -2.33. The van der Waals surface area contributed by atoms with Gasteiger partial charge >= 0.3 is 6.18 Å². The second-order valence-corrected chi connectivity index (χ2v) is 7.82. The summed E-state index contributed by atoms with van der Waals surface area (Å²) in [6.07, 6.45) is -2.43. The van der Waals surface area contributed by atoms with Gasteiger partial charge in [0.25, 0.3) is 0 Å². The number of hydrogen-bond donors (Lipinski definition) is 0. The molecular weight excluding hydrogens is 375 g/mol. The van der Waals surface area contributed by atoms with Crippen molar-refractivity contribution in [3.05, 3.63) is 47.2 Å². The Bertz CT molecular complexity index is 957. The number of rotatable bonds is 3. The van der Waals surface area contributed by atoms with Crippen molar-refractivity contribution in [2.75, 3.05) is 19.7 Å². The van der Waals surface area contributed by atoms with Gasteiger partial charge in [0.1, 0.15) is 0 Å². The molecule has 1 unspecified atom stereocenters. The maximum Gasteiger partial charge on any atom is 0.415 e. The molecule has 2 aromatic heterocycles. The fourth-order valence-electron chi connectivity index (χ4n) is 3.30. The Morgan fingerprint density at radius 2 is 2.11 bits per heavy atom. The van der Waals surface area contributed by atoms with Gasteiger partial charge < -0.3 is 4.74 Å². The highest BCUT2D eigenvalue weighted by Crippen LogP contribution is 2.32. The molecule has 0 amide bonds. The van der Waals surface area contributed by atoms with Crippen LogP contribution in [0.15, 0.2) is 36.7 Å². The Kier molecular flexibility index (Phi) is 4.88. The lowest BCUT2D eigenvalue weighted by Crippen LogP contribution is -2.48. The van der Waals surface area contributed by atoms with Crippen molar-refractivity contribution in [3.8, 4) is 10.4 Å². The Balaban J connectivity index is 1.57. The first-order valence-electron chi connectivity index (χ1n) is 8.61. The van der Waals surface area contributed by atoms with Crippen LogP contribution in [-0.2, 0) is 11.3 Å². The number of morpholine rings is 1. The number of aryl methyl sites for hydroxylation is 1. The van der Waals surface area contributed by atoms with Crippen LogP contribution in [0.1, 0.15) is 10.6 Å². The summed E-state index contributed by atoms with van der Waals surface area (Å²) in [4.78, 5) is 11.6. The van der Waals surface area contributed by atoms with Crippen LogP contribution in [0.2, 0.25) is 0 Å². The lowest BCUT2D eigenvalue weighted by molar-refractivity contribution is -0.237. The first-order chi connectivity index (χ1) is 12.9. The molecule has 3 aromatic rings. The average Bonchev–Trinajstić information content (AvgIpc) is 3.07. The number of benzene rings is 1. The molecule has 142 valence electrons. The molecule has 1 aromatic carbocycles. The van der Waals surface area contributed by atoms with Crippen LogP contribution in [-0.4, -0.2) is 46.8 Å². The first kappa shape index (κ1) is 18.3. The molecule has 0 spiro atoms. The number of hydrogen-bond acceptors (Lipinski definition) is 5. The molecule has 27 heavy (non-hydrogen) atoms. The number of halogens is 3. The molecule has 0 N–H and O–H groups in total. The third-order valence-electron chi connectivity index (χ3n) is 4.62. The standard InChI is InChI=1S/C19H18F3N3OS/c1-12-24-9-17(27-12)15-4-5-23-16-8-13(2-3-14(15)16)10-25-6-7-26-18(11-25)19(20,21)22/h2-5,8-9,18H,6-7,10-11H2,1H3. The molecule has 1 atom stereocenters. The largest absolute Gasteiger partial charge is 0.415 e. The number of alkyl halides is 3. The van der Waals surface area contributed by atoms with Gasteiger partial charge in [-0.25, -0.2) is 4.98 Å². The summed E-state index contributed by atoms with van der Waals surface area (Å²) in [5, 5.41) is 2.01. The molecule has 0 aliphatic carbocycles. The van der Waals surface area contributed by atoms with E-state index < -0.39 is 12.3 Å². The lowest BCUT2D eigenvalue weighted by atomic mass is 10.1. The number of ether oxygens (including phenoxy) is 1. The summed E-state index contributed by atoms with van der Waals surface area (Å²) in [6, 6.07) is 7.86. The van der Waals surface area contributed by atoms with Crippen LogP contribution in [0.3, 0.4) is 0 Å². The van der Waals surface area contributed by atoms with Gasteiger partial charge in [-0.2, -0.15) is 13.2 Å². The maximum atomic E-state index is 12.9. The molecule has 0 radical (unpaired) electrons. The van der Waals surface area contributed by atoms with Crippen molar-refractivity contribution in [2.45, 2.75) is 25.7 Å². The normalized spacial score (nSPS) is 18.9. The minimum atomic E-state index is -4.33. The zero-order valence-electron chi connectivity index (χ0n) is 14.7. The van der Waals surface area contributed by atoms with Crippen LogP contribution < -0.4 is 0 Å². The van der Waals surface area contributed by atoms with Crippen LogP contribution in [0.5, 0.6) is 0 Å². The van der Waals surface area contributed by atoms with Gasteiger partial charge in [-0.05, 0) is 24.6 Å². The van der Waals surface area contributed by atoms with Gasteiger partial charge in [-0.3, -0.25) is 9.88 Å². The molecule has 0 bridgehead atoms. The third-order valence-corrected chi connectivity index (χ3v) is 5.56. The van der Waals surface area contributed by atoms with E-state index >= 15 is 0 Å². The second kappa shape index (κ2) is 7.18. The number of pyridine rings is 1. The fourth-order valence-corrected chi connectivity index (χ4v) is 4.11. The van der Waals surface area contributed by atoms with Gasteiger partial charge in [0.15, 0.2) is 6.10 Å². The monoisotopic (exact) mass is 393 g/mol. The van der Waals surface area contributed by atoms with E-state index in [0.29, 0.717) is 13.1 Å². The van der Waals surface area contributed by atoms with Gasteiger partial charge in [0.2, 0.25) is 0 Å². The van der Waals surface area contributed by atoms with E-state index in [2.05, 4.69) is 9.97 Å². The van der Waals surface area contributed by atoms with Crippen LogP contribution in [0.4, 0.5) is 13.2 Å². The molecule has 1 aliphatic rings. The van der Waals surface area contributed by atoms with Gasteiger partial charge in [0.05, 0.1) is 22.0 Å². The molecule has 1 saturated heterocycles. The highest BCUT2D eigenvalue weighted by Gasteiger charge is 2.43. The predicted molar refractivity (Wildman–Crippen MR) is 98.7 cm³/mol. The first-order valence-corrected chi connectivity index (χ1v) is 9.43. The van der Waals surface area contributed by atoms with Gasteiger partial charge in [-0.1, -0.05) is 12.1 Å². The zero-order valence-corrected chi connectivity index (χ0v) is 15.5. The van der Waals surface area contributed by atoms with Crippen LogP contribution in [0.25, 0.3) is 21.3 Å². The maximum absolute atomic E-state index is 12.9. The van der Waals surface area contributed by atoms with Crippen LogP contribution >= 0.6 is 11.3 Å². The van der Waals surface area contributed by atoms with E-state index in [0.717, 1.165) is 31.9 Å².